The summed E-state index contributed by atoms with van der Waals surface area (Å²) in [5.41, 5.74) is 1.98. The van der Waals surface area contributed by atoms with Gasteiger partial charge in [0.15, 0.2) is 0 Å². The molecule has 0 radical (unpaired) electrons. The third kappa shape index (κ3) is 3.96. The number of piperidine rings is 1. The van der Waals surface area contributed by atoms with Gasteiger partial charge in [-0.15, -0.1) is 5.10 Å². The highest BCUT2D eigenvalue weighted by atomic mass is 32.1. The first kappa shape index (κ1) is 19.5. The average molecular weight is 403 g/mol. The van der Waals surface area contributed by atoms with E-state index in [4.69, 9.17) is 0 Å². The van der Waals surface area contributed by atoms with Gasteiger partial charge in [0.2, 0.25) is 5.91 Å². The molecule has 0 saturated carbocycles. The van der Waals surface area contributed by atoms with Crippen LogP contribution < -0.4 is 0 Å². The Morgan fingerprint density at radius 2 is 1.96 bits per heavy atom. The van der Waals surface area contributed by atoms with Gasteiger partial charge in [-0.2, -0.15) is 0 Å². The maximum absolute atomic E-state index is 13.4. The predicted octanol–water partition coefficient (Wildman–Crippen LogP) is 3.51. The van der Waals surface area contributed by atoms with E-state index in [9.17, 15) is 9.18 Å². The Labute approximate surface area is 169 Å². The lowest BCUT2D eigenvalue weighted by atomic mass is 9.87. The Morgan fingerprint density at radius 1 is 1.21 bits per heavy atom. The summed E-state index contributed by atoms with van der Waals surface area (Å²) in [6.45, 7) is 7.25. The van der Waals surface area contributed by atoms with Crippen molar-refractivity contribution in [2.75, 3.05) is 26.2 Å². The number of nitrogens with zero attached hydrogens (tertiary/aromatic N) is 4. The highest BCUT2D eigenvalue weighted by Gasteiger charge is 2.39. The van der Waals surface area contributed by atoms with E-state index in [-0.39, 0.29) is 23.6 Å². The number of carbonyl (C=O) groups excluding carboxylic acids is 1. The van der Waals surface area contributed by atoms with Gasteiger partial charge in [-0.3, -0.25) is 9.69 Å². The summed E-state index contributed by atoms with van der Waals surface area (Å²) in [5, 5.41) is 6.23. The van der Waals surface area contributed by atoms with Crippen LogP contribution in [0.15, 0.2) is 29.6 Å². The average Bonchev–Trinajstić information content (AvgIpc) is 3.35. The molecular formula is C21H27FN4OS. The van der Waals surface area contributed by atoms with Crippen molar-refractivity contribution >= 4 is 17.4 Å². The first-order valence-corrected chi connectivity index (χ1v) is 10.9. The number of benzene rings is 1. The maximum atomic E-state index is 13.4. The Bertz CT molecular complexity index is 797. The molecule has 0 bridgehead atoms. The van der Waals surface area contributed by atoms with Crippen molar-refractivity contribution < 1.29 is 9.18 Å². The molecule has 4 atom stereocenters. The van der Waals surface area contributed by atoms with Crippen LogP contribution in [0.5, 0.6) is 0 Å². The third-order valence-electron chi connectivity index (χ3n) is 6.57. The predicted molar refractivity (Wildman–Crippen MR) is 108 cm³/mol. The monoisotopic (exact) mass is 402 g/mol. The van der Waals surface area contributed by atoms with Gasteiger partial charge in [-0.1, -0.05) is 23.5 Å². The SMILES string of the molecule is C[C@H]1CCCN(CC(=O)N2C[C@@H](c3ccc(F)cc3)[C@H](c3csnn3)C2)[C@H]1C. The second-order valence-corrected chi connectivity index (χ2v) is 8.83. The number of aromatic nitrogens is 2. The zero-order chi connectivity index (χ0) is 19.7. The van der Waals surface area contributed by atoms with Gasteiger partial charge in [-0.25, -0.2) is 4.39 Å². The third-order valence-corrected chi connectivity index (χ3v) is 7.09. The van der Waals surface area contributed by atoms with Crippen LogP contribution in [0, 0.1) is 11.7 Å². The lowest BCUT2D eigenvalue weighted by molar-refractivity contribution is -0.132. The standard InChI is InChI=1S/C21H27FN4OS/c1-14-4-3-9-25(15(14)2)12-21(27)26-10-18(16-5-7-17(22)8-6-16)19(11-26)20-13-28-24-23-20/h5-8,13-15,18-19H,3-4,9-12H2,1-2H3/t14-,15-,18-,19+/m0/s1. The molecule has 0 spiro atoms. The quantitative estimate of drug-likeness (QED) is 0.785. The summed E-state index contributed by atoms with van der Waals surface area (Å²) in [7, 11) is 0. The fourth-order valence-corrected chi connectivity index (χ4v) is 5.12. The van der Waals surface area contributed by atoms with Crippen molar-refractivity contribution in [2.45, 2.75) is 44.6 Å². The largest absolute Gasteiger partial charge is 0.340 e. The molecular weight excluding hydrogens is 375 g/mol. The smallest absolute Gasteiger partial charge is 0.236 e. The maximum Gasteiger partial charge on any atom is 0.236 e. The molecule has 0 aliphatic carbocycles. The summed E-state index contributed by atoms with van der Waals surface area (Å²) in [6, 6.07) is 7.08. The second kappa shape index (κ2) is 8.25. The Kier molecular flexibility index (Phi) is 5.73. The van der Waals surface area contributed by atoms with Gasteiger partial charge in [-0.05, 0) is 61.5 Å². The molecule has 0 N–H and O–H groups in total. The molecule has 3 heterocycles. The van der Waals surface area contributed by atoms with Crippen LogP contribution in [0.3, 0.4) is 0 Å². The van der Waals surface area contributed by atoms with Gasteiger partial charge in [0.1, 0.15) is 5.82 Å². The molecule has 2 aromatic rings. The minimum absolute atomic E-state index is 0.103. The molecule has 7 heteroatoms. The zero-order valence-corrected chi connectivity index (χ0v) is 17.2. The summed E-state index contributed by atoms with van der Waals surface area (Å²) >= 11 is 1.33. The number of hydrogen-bond donors (Lipinski definition) is 0. The van der Waals surface area contributed by atoms with Crippen molar-refractivity contribution in [1.29, 1.82) is 0 Å². The summed E-state index contributed by atoms with van der Waals surface area (Å²) in [6.07, 6.45) is 2.39. The van der Waals surface area contributed by atoms with Gasteiger partial charge in [0, 0.05) is 36.3 Å². The van der Waals surface area contributed by atoms with E-state index in [2.05, 4.69) is 28.3 Å². The van der Waals surface area contributed by atoms with E-state index in [1.54, 1.807) is 0 Å². The number of carbonyl (C=O) groups is 1. The Morgan fingerprint density at radius 3 is 2.68 bits per heavy atom. The molecule has 1 amide bonds. The molecule has 1 aromatic heterocycles. The van der Waals surface area contributed by atoms with Crippen LogP contribution in [0.4, 0.5) is 4.39 Å². The van der Waals surface area contributed by atoms with Gasteiger partial charge in [0.25, 0.3) is 0 Å². The van der Waals surface area contributed by atoms with E-state index >= 15 is 0 Å². The molecule has 2 aliphatic rings. The van der Waals surface area contributed by atoms with Crippen molar-refractivity contribution in [2.24, 2.45) is 5.92 Å². The minimum Gasteiger partial charge on any atom is -0.340 e. The summed E-state index contributed by atoms with van der Waals surface area (Å²) < 4.78 is 17.4. The normalized spacial score (nSPS) is 28.6. The number of amides is 1. The van der Waals surface area contributed by atoms with Crippen molar-refractivity contribution in [1.82, 2.24) is 19.4 Å². The zero-order valence-electron chi connectivity index (χ0n) is 16.4. The lowest BCUT2D eigenvalue weighted by Crippen LogP contribution is -2.48. The Hall–Kier alpha value is -1.86. The first-order chi connectivity index (χ1) is 13.5. The van der Waals surface area contributed by atoms with E-state index in [0.717, 1.165) is 24.2 Å². The van der Waals surface area contributed by atoms with Crippen LogP contribution in [0.1, 0.15) is 49.8 Å². The van der Waals surface area contributed by atoms with Crippen LogP contribution in [0.25, 0.3) is 0 Å². The second-order valence-electron chi connectivity index (χ2n) is 8.22. The molecule has 150 valence electrons. The van der Waals surface area contributed by atoms with Crippen LogP contribution in [-0.4, -0.2) is 57.5 Å². The Balaban J connectivity index is 1.51. The minimum atomic E-state index is -0.241. The van der Waals surface area contributed by atoms with Gasteiger partial charge >= 0.3 is 0 Å². The van der Waals surface area contributed by atoms with Crippen molar-refractivity contribution in [3.8, 4) is 0 Å². The molecule has 0 unspecified atom stereocenters. The van der Waals surface area contributed by atoms with Gasteiger partial charge in [0.05, 0.1) is 12.2 Å². The molecule has 5 nitrogen and oxygen atoms in total. The molecule has 4 rings (SSSR count). The first-order valence-electron chi connectivity index (χ1n) is 10.1. The number of likely N-dealkylation sites (tertiary alicyclic amines) is 2. The van der Waals surface area contributed by atoms with Gasteiger partial charge < -0.3 is 4.90 Å². The van der Waals surface area contributed by atoms with E-state index < -0.39 is 0 Å². The summed E-state index contributed by atoms with van der Waals surface area (Å²) in [4.78, 5) is 17.4. The topological polar surface area (TPSA) is 49.3 Å². The van der Waals surface area contributed by atoms with Crippen molar-refractivity contribution in [3.63, 3.8) is 0 Å². The van der Waals surface area contributed by atoms with Crippen LogP contribution in [-0.2, 0) is 4.79 Å². The molecule has 2 fully saturated rings. The highest BCUT2D eigenvalue weighted by Crippen LogP contribution is 2.39. The van der Waals surface area contributed by atoms with Crippen LogP contribution >= 0.6 is 11.5 Å². The molecule has 1 aromatic carbocycles. The number of halogens is 1. The molecule has 2 aliphatic heterocycles. The van der Waals surface area contributed by atoms with Crippen molar-refractivity contribution in [3.05, 3.63) is 46.7 Å². The number of hydrogen-bond acceptors (Lipinski definition) is 5. The molecule has 2 saturated heterocycles. The van der Waals surface area contributed by atoms with E-state index in [0.29, 0.717) is 31.6 Å². The fraction of sp³-hybridized carbons (Fsp3) is 0.571. The fourth-order valence-electron chi connectivity index (χ4n) is 4.61. The highest BCUT2D eigenvalue weighted by molar-refractivity contribution is 7.03. The molecule has 28 heavy (non-hydrogen) atoms. The number of rotatable bonds is 4. The van der Waals surface area contributed by atoms with Crippen LogP contribution in [0.2, 0.25) is 0 Å². The lowest BCUT2D eigenvalue weighted by Gasteiger charge is -2.38. The van der Waals surface area contributed by atoms with E-state index in [1.165, 1.54) is 30.1 Å². The van der Waals surface area contributed by atoms with E-state index in [1.807, 2.05) is 22.4 Å². The summed E-state index contributed by atoms with van der Waals surface area (Å²) in [5.74, 6) is 0.784.